The van der Waals surface area contributed by atoms with E-state index in [1.165, 1.54) is 13.2 Å². The first-order chi connectivity index (χ1) is 6.42. The van der Waals surface area contributed by atoms with E-state index in [1.54, 1.807) is 12.1 Å². The molecule has 0 aliphatic heterocycles. The fraction of sp³-hybridized carbons (Fsp3) is 0.143. The maximum absolute atomic E-state index is 10.7. The highest BCUT2D eigenvalue weighted by molar-refractivity contribution is 9.10. The molecule has 0 fully saturated rings. The van der Waals surface area contributed by atoms with Gasteiger partial charge in [0.2, 0.25) is 0 Å². The Morgan fingerprint density at radius 2 is 2.00 bits per heavy atom. The number of halogens is 1. The number of hydrogen-bond donors (Lipinski definition) is 1. The molecule has 0 bridgehead atoms. The van der Waals surface area contributed by atoms with Crippen molar-refractivity contribution in [1.29, 1.82) is 0 Å². The summed E-state index contributed by atoms with van der Waals surface area (Å²) in [6, 6.07) is 4.70. The smallest absolute Gasteiger partial charge is 0.380 e. The van der Waals surface area contributed by atoms with Crippen molar-refractivity contribution < 1.29 is 17.3 Å². The molecule has 0 radical (unpaired) electrons. The Balaban J connectivity index is 3.11. The fourth-order valence-corrected chi connectivity index (χ4v) is 1.56. The van der Waals surface area contributed by atoms with Gasteiger partial charge in [0.25, 0.3) is 0 Å². The maximum Gasteiger partial charge on any atom is 0.380 e. The Kier molecular flexibility index (Phi) is 3.35. The van der Waals surface area contributed by atoms with Crippen molar-refractivity contribution in [3.63, 3.8) is 0 Å². The van der Waals surface area contributed by atoms with Gasteiger partial charge >= 0.3 is 10.3 Å². The molecule has 7 heteroatoms. The van der Waals surface area contributed by atoms with Crippen LogP contribution in [0.15, 0.2) is 22.7 Å². The van der Waals surface area contributed by atoms with E-state index in [2.05, 4.69) is 20.1 Å². The summed E-state index contributed by atoms with van der Waals surface area (Å²) in [6.45, 7) is 0. The average molecular weight is 282 g/mol. The number of ether oxygens (including phenoxy) is 1. The fourth-order valence-electron chi connectivity index (χ4n) is 0.841. The second kappa shape index (κ2) is 4.16. The minimum Gasteiger partial charge on any atom is -0.493 e. The third kappa shape index (κ3) is 3.17. The van der Waals surface area contributed by atoms with E-state index in [0.29, 0.717) is 10.2 Å². The van der Waals surface area contributed by atoms with Gasteiger partial charge in [0, 0.05) is 10.5 Å². The summed E-state index contributed by atoms with van der Waals surface area (Å²) < 4.78 is 31.4. The molecule has 0 atom stereocenters. The van der Waals surface area contributed by atoms with Crippen molar-refractivity contribution in [3.05, 3.63) is 22.7 Å². The lowest BCUT2D eigenvalue weighted by Gasteiger charge is -2.07. The first kappa shape index (κ1) is 11.3. The van der Waals surface area contributed by atoms with Crippen LogP contribution in [0.2, 0.25) is 0 Å². The van der Waals surface area contributed by atoms with Gasteiger partial charge < -0.3 is 8.92 Å². The molecule has 1 aromatic rings. The molecule has 0 saturated carbocycles. The predicted molar refractivity (Wildman–Crippen MR) is 54.4 cm³/mol. The number of methoxy groups -OCH3 is 1. The molecule has 0 unspecified atom stereocenters. The van der Waals surface area contributed by atoms with Crippen LogP contribution in [0.1, 0.15) is 0 Å². The van der Waals surface area contributed by atoms with Gasteiger partial charge in [-0.3, -0.25) is 0 Å². The molecule has 0 aliphatic carbocycles. The third-order valence-corrected chi connectivity index (χ3v) is 2.24. The molecule has 1 aromatic carbocycles. The molecular formula is C7H8BrNO4S. The molecule has 0 amide bonds. The van der Waals surface area contributed by atoms with Crippen LogP contribution in [0, 0.1) is 0 Å². The van der Waals surface area contributed by atoms with Crippen LogP contribution in [0.25, 0.3) is 0 Å². The highest BCUT2D eigenvalue weighted by atomic mass is 79.9. The highest BCUT2D eigenvalue weighted by Gasteiger charge is 2.11. The van der Waals surface area contributed by atoms with Gasteiger partial charge in [0.05, 0.1) is 7.11 Å². The van der Waals surface area contributed by atoms with Gasteiger partial charge in [-0.25, -0.2) is 0 Å². The Labute approximate surface area is 90.2 Å². The lowest BCUT2D eigenvalue weighted by Crippen LogP contribution is -2.19. The average Bonchev–Trinajstić information content (AvgIpc) is 2.01. The van der Waals surface area contributed by atoms with E-state index in [4.69, 9.17) is 9.88 Å². The summed E-state index contributed by atoms with van der Waals surface area (Å²) in [5, 5.41) is 4.72. The summed E-state index contributed by atoms with van der Waals surface area (Å²) in [5.74, 6) is 0.339. The van der Waals surface area contributed by atoms with Crippen LogP contribution in [0.3, 0.4) is 0 Å². The monoisotopic (exact) mass is 281 g/mol. The van der Waals surface area contributed by atoms with Gasteiger partial charge in [-0.05, 0) is 12.1 Å². The molecule has 5 nitrogen and oxygen atoms in total. The second-order valence-electron chi connectivity index (χ2n) is 2.37. The van der Waals surface area contributed by atoms with Crippen LogP contribution < -0.4 is 14.1 Å². The van der Waals surface area contributed by atoms with Crippen LogP contribution in [0.5, 0.6) is 11.5 Å². The summed E-state index contributed by atoms with van der Waals surface area (Å²) in [4.78, 5) is 0. The summed E-state index contributed by atoms with van der Waals surface area (Å²) in [6.07, 6.45) is 0. The highest BCUT2D eigenvalue weighted by Crippen LogP contribution is 2.30. The number of hydrogen-bond acceptors (Lipinski definition) is 4. The van der Waals surface area contributed by atoms with E-state index < -0.39 is 10.3 Å². The Morgan fingerprint density at radius 3 is 2.50 bits per heavy atom. The maximum atomic E-state index is 10.7. The standard InChI is InChI=1S/C7H8BrNO4S/c1-12-6-3-2-5(8)4-7(6)13-14(9,10)11/h2-4H,1H3,(H2,9,10,11). The first-order valence-electron chi connectivity index (χ1n) is 3.48. The molecule has 0 spiro atoms. The summed E-state index contributed by atoms with van der Waals surface area (Å²) in [7, 11) is -2.63. The van der Waals surface area contributed by atoms with Crippen molar-refractivity contribution in [2.75, 3.05) is 7.11 Å². The van der Waals surface area contributed by atoms with E-state index in [1.807, 2.05) is 0 Å². The van der Waals surface area contributed by atoms with E-state index >= 15 is 0 Å². The Morgan fingerprint density at radius 1 is 1.36 bits per heavy atom. The van der Waals surface area contributed by atoms with Gasteiger partial charge in [-0.1, -0.05) is 15.9 Å². The number of benzene rings is 1. The topological polar surface area (TPSA) is 78.6 Å². The van der Waals surface area contributed by atoms with E-state index in [9.17, 15) is 8.42 Å². The minimum absolute atomic E-state index is 0.0457. The molecule has 2 N–H and O–H groups in total. The van der Waals surface area contributed by atoms with Crippen LogP contribution in [-0.4, -0.2) is 15.5 Å². The first-order valence-corrected chi connectivity index (χ1v) is 5.74. The lowest BCUT2D eigenvalue weighted by atomic mass is 10.3. The Hall–Kier alpha value is -0.790. The predicted octanol–water partition coefficient (Wildman–Crippen LogP) is 1.04. The lowest BCUT2D eigenvalue weighted by molar-refractivity contribution is 0.390. The Bertz CT molecular complexity index is 431. The third-order valence-electron chi connectivity index (χ3n) is 1.33. The molecule has 14 heavy (non-hydrogen) atoms. The SMILES string of the molecule is COc1ccc(Br)cc1OS(N)(=O)=O. The van der Waals surface area contributed by atoms with E-state index in [-0.39, 0.29) is 5.75 Å². The van der Waals surface area contributed by atoms with Crippen molar-refractivity contribution in [1.82, 2.24) is 0 Å². The van der Waals surface area contributed by atoms with Crippen LogP contribution >= 0.6 is 15.9 Å². The molecular weight excluding hydrogens is 274 g/mol. The van der Waals surface area contributed by atoms with Gasteiger partial charge in [-0.2, -0.15) is 13.6 Å². The molecule has 0 heterocycles. The molecule has 0 saturated heterocycles. The van der Waals surface area contributed by atoms with Crippen molar-refractivity contribution in [2.24, 2.45) is 5.14 Å². The minimum atomic E-state index is -4.03. The molecule has 78 valence electrons. The quantitative estimate of drug-likeness (QED) is 0.898. The number of nitrogens with two attached hydrogens (primary N) is 1. The van der Waals surface area contributed by atoms with Crippen molar-refractivity contribution in [2.45, 2.75) is 0 Å². The second-order valence-corrected chi connectivity index (χ2v) is 4.44. The van der Waals surface area contributed by atoms with Crippen LogP contribution in [-0.2, 0) is 10.3 Å². The van der Waals surface area contributed by atoms with Crippen LogP contribution in [0.4, 0.5) is 0 Å². The molecule has 0 aliphatic rings. The summed E-state index contributed by atoms with van der Waals surface area (Å²) >= 11 is 3.16. The van der Waals surface area contributed by atoms with E-state index in [0.717, 1.165) is 0 Å². The zero-order valence-electron chi connectivity index (χ0n) is 7.23. The van der Waals surface area contributed by atoms with Gasteiger partial charge in [0.1, 0.15) is 0 Å². The number of rotatable bonds is 3. The zero-order chi connectivity index (χ0) is 10.8. The summed E-state index contributed by atoms with van der Waals surface area (Å²) in [5.41, 5.74) is 0. The van der Waals surface area contributed by atoms with Gasteiger partial charge in [0.15, 0.2) is 11.5 Å². The largest absolute Gasteiger partial charge is 0.493 e. The molecule has 0 aromatic heterocycles. The normalized spacial score (nSPS) is 11.1. The van der Waals surface area contributed by atoms with Crippen molar-refractivity contribution >= 4 is 26.2 Å². The molecule has 1 rings (SSSR count). The van der Waals surface area contributed by atoms with Gasteiger partial charge in [-0.15, -0.1) is 0 Å². The zero-order valence-corrected chi connectivity index (χ0v) is 9.63. The van der Waals surface area contributed by atoms with Crippen molar-refractivity contribution in [3.8, 4) is 11.5 Å².